The molecule has 0 radical (unpaired) electrons. The topological polar surface area (TPSA) is 89.3 Å². The number of hydrogen-bond acceptors (Lipinski definition) is 5. The highest BCUT2D eigenvalue weighted by Gasteiger charge is 2.36. The summed E-state index contributed by atoms with van der Waals surface area (Å²) in [5, 5.41) is 7.04. The second-order valence-corrected chi connectivity index (χ2v) is 7.36. The largest absolute Gasteiger partial charge is 0.495 e. The molecule has 30 heavy (non-hydrogen) atoms. The molecule has 0 unspecified atom stereocenters. The van der Waals surface area contributed by atoms with Gasteiger partial charge >= 0.3 is 0 Å². The van der Waals surface area contributed by atoms with Gasteiger partial charge in [0.15, 0.2) is 0 Å². The summed E-state index contributed by atoms with van der Waals surface area (Å²) in [7, 11) is 1.57. The average Bonchev–Trinajstić information content (AvgIpc) is 3.38. The van der Waals surface area contributed by atoms with Crippen LogP contribution in [0.15, 0.2) is 55.1 Å². The monoisotopic (exact) mass is 405 g/mol. The lowest BCUT2D eigenvalue weighted by molar-refractivity contribution is -0.122. The Balaban J connectivity index is 1.45. The van der Waals surface area contributed by atoms with Gasteiger partial charge in [-0.1, -0.05) is 18.2 Å². The molecule has 2 aromatic carbocycles. The van der Waals surface area contributed by atoms with Crippen molar-refractivity contribution in [3.05, 3.63) is 66.2 Å². The van der Waals surface area contributed by atoms with Gasteiger partial charge in [0, 0.05) is 18.7 Å². The zero-order valence-corrected chi connectivity index (χ0v) is 16.9. The highest BCUT2D eigenvalue weighted by Crippen LogP contribution is 2.34. The lowest BCUT2D eigenvalue weighted by Crippen LogP contribution is -2.28. The number of rotatable bonds is 6. The molecule has 1 saturated heterocycles. The Labute approximate surface area is 174 Å². The smallest absolute Gasteiger partial charge is 0.229 e. The van der Waals surface area contributed by atoms with Gasteiger partial charge < -0.3 is 15.0 Å². The van der Waals surface area contributed by atoms with Gasteiger partial charge in [0.1, 0.15) is 18.4 Å². The van der Waals surface area contributed by atoms with Crippen LogP contribution in [0, 0.1) is 12.8 Å². The van der Waals surface area contributed by atoms with Gasteiger partial charge in [-0.15, -0.1) is 0 Å². The zero-order chi connectivity index (χ0) is 21.1. The van der Waals surface area contributed by atoms with Crippen molar-refractivity contribution in [3.63, 3.8) is 0 Å². The molecule has 2 amide bonds. The second-order valence-electron chi connectivity index (χ2n) is 7.36. The summed E-state index contributed by atoms with van der Waals surface area (Å²) in [5.74, 6) is -0.0631. The molecule has 0 saturated carbocycles. The summed E-state index contributed by atoms with van der Waals surface area (Å²) in [6, 6.07) is 13.3. The standard InChI is InChI=1S/C22H23N5O3/c1-15-6-7-20(30-2)19(8-15)27-12-17(10-21(27)28)22(29)25-18-5-3-4-16(9-18)11-26-14-23-13-24-26/h3-9,13-14,17H,10-12H2,1-2H3,(H,25,29)/t17-/m1/s1. The molecule has 8 heteroatoms. The molecule has 4 rings (SSSR count). The van der Waals surface area contributed by atoms with Crippen molar-refractivity contribution in [2.24, 2.45) is 5.92 Å². The number of aromatic nitrogens is 3. The van der Waals surface area contributed by atoms with E-state index in [1.54, 1.807) is 23.0 Å². The van der Waals surface area contributed by atoms with Crippen LogP contribution in [-0.2, 0) is 16.1 Å². The van der Waals surface area contributed by atoms with Crippen LogP contribution in [0.2, 0.25) is 0 Å². The Hall–Kier alpha value is -3.68. The van der Waals surface area contributed by atoms with Crippen LogP contribution in [-0.4, -0.2) is 40.2 Å². The van der Waals surface area contributed by atoms with Crippen LogP contribution >= 0.6 is 0 Å². The molecule has 1 aromatic heterocycles. The van der Waals surface area contributed by atoms with Crippen molar-refractivity contribution in [1.82, 2.24) is 14.8 Å². The Kier molecular flexibility index (Phi) is 5.47. The molecule has 2 heterocycles. The van der Waals surface area contributed by atoms with Gasteiger partial charge in [-0.25, -0.2) is 9.67 Å². The minimum Gasteiger partial charge on any atom is -0.495 e. The van der Waals surface area contributed by atoms with E-state index in [0.717, 1.165) is 11.1 Å². The Morgan fingerprint density at radius 3 is 2.90 bits per heavy atom. The minimum atomic E-state index is -0.429. The summed E-state index contributed by atoms with van der Waals surface area (Å²) >= 11 is 0. The maximum atomic E-state index is 12.8. The Bertz CT molecular complexity index is 1060. The number of anilines is 2. The minimum absolute atomic E-state index is 0.0843. The predicted molar refractivity (Wildman–Crippen MR) is 112 cm³/mol. The fourth-order valence-corrected chi connectivity index (χ4v) is 3.62. The molecule has 0 spiro atoms. The van der Waals surface area contributed by atoms with Crippen molar-refractivity contribution >= 4 is 23.2 Å². The number of benzene rings is 2. The predicted octanol–water partition coefficient (Wildman–Crippen LogP) is 2.64. The van der Waals surface area contributed by atoms with E-state index in [1.165, 1.54) is 6.33 Å². The third kappa shape index (κ3) is 4.17. The van der Waals surface area contributed by atoms with Crippen LogP contribution < -0.4 is 15.0 Å². The van der Waals surface area contributed by atoms with Crippen LogP contribution in [0.4, 0.5) is 11.4 Å². The number of hydrogen-bond donors (Lipinski definition) is 1. The first kappa shape index (κ1) is 19.6. The second kappa shape index (κ2) is 8.36. The van der Waals surface area contributed by atoms with Gasteiger partial charge in [-0.05, 0) is 42.3 Å². The molecule has 1 aliphatic heterocycles. The van der Waals surface area contributed by atoms with Gasteiger partial charge in [-0.3, -0.25) is 9.59 Å². The number of ether oxygens (including phenoxy) is 1. The van der Waals surface area contributed by atoms with E-state index < -0.39 is 5.92 Å². The van der Waals surface area contributed by atoms with Gasteiger partial charge in [-0.2, -0.15) is 5.10 Å². The van der Waals surface area contributed by atoms with E-state index in [1.807, 2.05) is 49.4 Å². The zero-order valence-electron chi connectivity index (χ0n) is 16.9. The molecule has 0 bridgehead atoms. The van der Waals surface area contributed by atoms with Crippen LogP contribution in [0.3, 0.4) is 0 Å². The van der Waals surface area contributed by atoms with Crippen molar-refractivity contribution in [2.45, 2.75) is 19.9 Å². The van der Waals surface area contributed by atoms with E-state index in [0.29, 0.717) is 30.2 Å². The Morgan fingerprint density at radius 2 is 2.13 bits per heavy atom. The molecule has 0 aliphatic carbocycles. The van der Waals surface area contributed by atoms with Crippen molar-refractivity contribution in [1.29, 1.82) is 0 Å². The number of nitrogens with one attached hydrogen (secondary N) is 1. The van der Waals surface area contributed by atoms with E-state index in [2.05, 4.69) is 15.4 Å². The SMILES string of the molecule is COc1ccc(C)cc1N1C[C@H](C(=O)Nc2cccc(Cn3cncn3)c2)CC1=O. The normalized spacial score (nSPS) is 16.0. The van der Waals surface area contributed by atoms with Crippen LogP contribution in [0.1, 0.15) is 17.5 Å². The number of aryl methyl sites for hydroxylation is 1. The van der Waals surface area contributed by atoms with Crippen LogP contribution in [0.5, 0.6) is 5.75 Å². The molecule has 3 aromatic rings. The third-order valence-electron chi connectivity index (χ3n) is 5.13. The van der Waals surface area contributed by atoms with Gasteiger partial charge in [0.2, 0.25) is 11.8 Å². The van der Waals surface area contributed by atoms with Gasteiger partial charge in [0.05, 0.1) is 25.3 Å². The molecule has 1 N–H and O–H groups in total. The number of nitrogens with zero attached hydrogens (tertiary/aromatic N) is 4. The average molecular weight is 405 g/mol. The summed E-state index contributed by atoms with van der Waals surface area (Å²) in [4.78, 5) is 31.0. The molecular weight excluding hydrogens is 382 g/mol. The fraction of sp³-hybridized carbons (Fsp3) is 0.273. The van der Waals surface area contributed by atoms with Crippen molar-refractivity contribution < 1.29 is 14.3 Å². The molecule has 1 aliphatic rings. The third-order valence-corrected chi connectivity index (χ3v) is 5.13. The first-order valence-electron chi connectivity index (χ1n) is 9.70. The number of carbonyl (C=O) groups is 2. The molecule has 154 valence electrons. The van der Waals surface area contributed by atoms with E-state index in [9.17, 15) is 9.59 Å². The first-order chi connectivity index (χ1) is 14.5. The maximum Gasteiger partial charge on any atom is 0.229 e. The number of carbonyl (C=O) groups excluding carboxylic acids is 2. The molecule has 1 fully saturated rings. The maximum absolute atomic E-state index is 12.8. The molecular formula is C22H23N5O3. The Morgan fingerprint density at radius 1 is 1.27 bits per heavy atom. The fourth-order valence-electron chi connectivity index (χ4n) is 3.62. The van der Waals surface area contributed by atoms with E-state index in [4.69, 9.17) is 4.74 Å². The summed E-state index contributed by atoms with van der Waals surface area (Å²) < 4.78 is 7.11. The van der Waals surface area contributed by atoms with Crippen molar-refractivity contribution in [3.8, 4) is 5.75 Å². The highest BCUT2D eigenvalue weighted by atomic mass is 16.5. The first-order valence-corrected chi connectivity index (χ1v) is 9.70. The van der Waals surface area contributed by atoms with Crippen LogP contribution in [0.25, 0.3) is 0 Å². The molecule has 1 atom stereocenters. The quantitative estimate of drug-likeness (QED) is 0.681. The van der Waals surface area contributed by atoms with Crippen molar-refractivity contribution in [2.75, 3.05) is 23.9 Å². The summed E-state index contributed by atoms with van der Waals surface area (Å²) in [6.45, 7) is 2.84. The highest BCUT2D eigenvalue weighted by molar-refractivity contribution is 6.04. The number of methoxy groups -OCH3 is 1. The molecule has 8 nitrogen and oxygen atoms in total. The summed E-state index contributed by atoms with van der Waals surface area (Å²) in [6.07, 6.45) is 3.29. The van der Waals surface area contributed by atoms with E-state index >= 15 is 0 Å². The van der Waals surface area contributed by atoms with Gasteiger partial charge in [0.25, 0.3) is 0 Å². The number of amides is 2. The van der Waals surface area contributed by atoms with E-state index in [-0.39, 0.29) is 18.2 Å². The lowest BCUT2D eigenvalue weighted by Gasteiger charge is -2.20. The lowest BCUT2D eigenvalue weighted by atomic mass is 10.1. The summed E-state index contributed by atoms with van der Waals surface area (Å²) in [5.41, 5.74) is 3.41.